The number of hydrogen-bond donors (Lipinski definition) is 2. The van der Waals surface area contributed by atoms with Gasteiger partial charge in [-0.05, 0) is 31.4 Å². The maximum atomic E-state index is 13.7. The van der Waals surface area contributed by atoms with Crippen LogP contribution in [0.3, 0.4) is 0 Å². The molecule has 22 heavy (non-hydrogen) atoms. The van der Waals surface area contributed by atoms with Gasteiger partial charge in [-0.3, -0.25) is 4.68 Å². The Morgan fingerprint density at radius 2 is 2.14 bits per heavy atom. The topological polar surface area (TPSA) is 50.1 Å². The highest BCUT2D eigenvalue weighted by molar-refractivity contribution is 5.25. The van der Waals surface area contributed by atoms with Crippen LogP contribution in [0.25, 0.3) is 0 Å². The Morgan fingerprint density at radius 1 is 1.41 bits per heavy atom. The van der Waals surface area contributed by atoms with Gasteiger partial charge in [0.2, 0.25) is 0 Å². The molecule has 0 saturated heterocycles. The van der Waals surface area contributed by atoms with Crippen LogP contribution in [0.1, 0.15) is 41.8 Å². The molecule has 6 heteroatoms. The molecule has 0 spiro atoms. The maximum Gasteiger partial charge on any atom is 0.131 e. The summed E-state index contributed by atoms with van der Waals surface area (Å²) in [6.07, 6.45) is 3.53. The molecule has 2 aromatic rings. The largest absolute Gasteiger partial charge is 0.387 e. The summed E-state index contributed by atoms with van der Waals surface area (Å²) in [5.41, 5.74) is 2.00. The number of halogens is 2. The van der Waals surface area contributed by atoms with Crippen molar-refractivity contribution in [1.29, 1.82) is 0 Å². The summed E-state index contributed by atoms with van der Waals surface area (Å²) in [5, 5.41) is 17.6. The third-order valence-electron chi connectivity index (χ3n) is 4.27. The molecule has 2 unspecified atom stereocenters. The smallest absolute Gasteiger partial charge is 0.131 e. The molecule has 4 nitrogen and oxygen atoms in total. The Hall–Kier alpha value is -1.79. The predicted molar refractivity (Wildman–Crippen MR) is 78.2 cm³/mol. The van der Waals surface area contributed by atoms with Crippen molar-refractivity contribution in [3.63, 3.8) is 0 Å². The van der Waals surface area contributed by atoms with Gasteiger partial charge in [-0.15, -0.1) is 0 Å². The van der Waals surface area contributed by atoms with Crippen molar-refractivity contribution in [1.82, 2.24) is 15.1 Å². The van der Waals surface area contributed by atoms with Crippen molar-refractivity contribution in [2.24, 2.45) is 7.05 Å². The van der Waals surface area contributed by atoms with Crippen LogP contribution in [-0.4, -0.2) is 21.4 Å². The molecule has 0 saturated carbocycles. The van der Waals surface area contributed by atoms with Gasteiger partial charge >= 0.3 is 0 Å². The van der Waals surface area contributed by atoms with Crippen molar-refractivity contribution in [3.8, 4) is 0 Å². The molecule has 1 aliphatic rings. The Balaban J connectivity index is 1.71. The average Bonchev–Trinajstić information content (AvgIpc) is 2.87. The van der Waals surface area contributed by atoms with Crippen LogP contribution in [0.4, 0.5) is 8.78 Å². The van der Waals surface area contributed by atoms with Crippen molar-refractivity contribution in [3.05, 3.63) is 52.9 Å². The number of hydrogen-bond acceptors (Lipinski definition) is 3. The fraction of sp³-hybridized carbons (Fsp3) is 0.438. The monoisotopic (exact) mass is 307 g/mol. The van der Waals surface area contributed by atoms with E-state index in [0.29, 0.717) is 0 Å². The molecule has 0 fully saturated rings. The highest BCUT2D eigenvalue weighted by atomic mass is 19.1. The number of nitrogens with one attached hydrogen (secondary N) is 1. The van der Waals surface area contributed by atoms with Gasteiger partial charge in [-0.2, -0.15) is 5.10 Å². The number of aromatic nitrogens is 2. The average molecular weight is 307 g/mol. The predicted octanol–water partition coefficient (Wildman–Crippen LogP) is 2.40. The number of fused-ring (bicyclic) bond motifs is 1. The van der Waals surface area contributed by atoms with E-state index in [-0.39, 0.29) is 18.2 Å². The minimum atomic E-state index is -1.22. The van der Waals surface area contributed by atoms with Gasteiger partial charge in [0.15, 0.2) is 0 Å². The second kappa shape index (κ2) is 6.14. The molecule has 2 atom stereocenters. The molecule has 0 bridgehead atoms. The van der Waals surface area contributed by atoms with Crippen LogP contribution in [0.2, 0.25) is 0 Å². The lowest BCUT2D eigenvalue weighted by atomic mass is 9.92. The third-order valence-corrected chi connectivity index (χ3v) is 4.27. The van der Waals surface area contributed by atoms with Crippen molar-refractivity contribution in [2.45, 2.75) is 31.4 Å². The molecular weight excluding hydrogens is 288 g/mol. The van der Waals surface area contributed by atoms with E-state index >= 15 is 0 Å². The molecular formula is C16H19F2N3O. The number of aliphatic hydroxyl groups excluding tert-OH is 1. The minimum Gasteiger partial charge on any atom is -0.387 e. The van der Waals surface area contributed by atoms with E-state index in [1.165, 1.54) is 11.8 Å². The Bertz CT molecular complexity index is 651. The first-order chi connectivity index (χ1) is 10.6. The van der Waals surface area contributed by atoms with Crippen molar-refractivity contribution < 1.29 is 13.9 Å². The lowest BCUT2D eigenvalue weighted by Crippen LogP contribution is -2.29. The van der Waals surface area contributed by atoms with Gasteiger partial charge in [-0.1, -0.05) is 6.07 Å². The molecule has 1 aromatic heterocycles. The second-order valence-corrected chi connectivity index (χ2v) is 5.67. The summed E-state index contributed by atoms with van der Waals surface area (Å²) in [5.74, 6) is -1.44. The number of rotatable bonds is 4. The zero-order valence-electron chi connectivity index (χ0n) is 12.4. The number of nitrogens with zero attached hydrogens (tertiary/aromatic N) is 2. The maximum absolute atomic E-state index is 13.7. The molecule has 3 rings (SSSR count). The van der Waals surface area contributed by atoms with Crippen LogP contribution in [0, 0.1) is 11.6 Å². The summed E-state index contributed by atoms with van der Waals surface area (Å²) in [6, 6.07) is 3.65. The summed E-state index contributed by atoms with van der Waals surface area (Å²) < 4.78 is 29.2. The first-order valence-electron chi connectivity index (χ1n) is 7.44. The summed E-state index contributed by atoms with van der Waals surface area (Å²) >= 11 is 0. The first-order valence-corrected chi connectivity index (χ1v) is 7.44. The molecule has 2 N–H and O–H groups in total. The fourth-order valence-corrected chi connectivity index (χ4v) is 3.10. The van der Waals surface area contributed by atoms with Gasteiger partial charge < -0.3 is 10.4 Å². The molecule has 0 amide bonds. The quantitative estimate of drug-likeness (QED) is 0.912. The highest BCUT2D eigenvalue weighted by Crippen LogP contribution is 2.30. The van der Waals surface area contributed by atoms with E-state index in [1.807, 2.05) is 17.9 Å². The molecule has 1 aromatic carbocycles. The summed E-state index contributed by atoms with van der Waals surface area (Å²) in [7, 11) is 1.91. The van der Waals surface area contributed by atoms with E-state index in [9.17, 15) is 13.9 Å². The van der Waals surface area contributed by atoms with Crippen LogP contribution in [0.15, 0.2) is 24.4 Å². The van der Waals surface area contributed by atoms with E-state index in [4.69, 9.17) is 0 Å². The van der Waals surface area contributed by atoms with E-state index in [2.05, 4.69) is 10.4 Å². The normalized spacial score (nSPS) is 19.0. The molecule has 118 valence electrons. The van der Waals surface area contributed by atoms with Gasteiger partial charge in [0.1, 0.15) is 11.6 Å². The Morgan fingerprint density at radius 3 is 2.86 bits per heavy atom. The van der Waals surface area contributed by atoms with Crippen LogP contribution in [0.5, 0.6) is 0 Å². The number of aryl methyl sites for hydroxylation is 1. The molecule has 1 aliphatic carbocycles. The van der Waals surface area contributed by atoms with Crippen LogP contribution >= 0.6 is 0 Å². The van der Waals surface area contributed by atoms with E-state index in [1.54, 1.807) is 0 Å². The second-order valence-electron chi connectivity index (χ2n) is 5.67. The zero-order valence-corrected chi connectivity index (χ0v) is 12.4. The lowest BCUT2D eigenvalue weighted by molar-refractivity contribution is 0.159. The summed E-state index contributed by atoms with van der Waals surface area (Å²) in [6.45, 7) is 0.0941. The molecule has 1 heterocycles. The number of aliphatic hydroxyl groups is 1. The molecule has 0 radical (unpaired) electrons. The van der Waals surface area contributed by atoms with E-state index in [0.717, 1.165) is 37.0 Å². The van der Waals surface area contributed by atoms with Gasteiger partial charge in [0.25, 0.3) is 0 Å². The Labute approximate surface area is 127 Å². The zero-order chi connectivity index (χ0) is 15.7. The molecule has 0 aliphatic heterocycles. The van der Waals surface area contributed by atoms with Gasteiger partial charge in [0, 0.05) is 30.9 Å². The van der Waals surface area contributed by atoms with Crippen LogP contribution in [-0.2, 0) is 13.5 Å². The third kappa shape index (κ3) is 2.76. The fourth-order valence-electron chi connectivity index (χ4n) is 3.10. The Kier molecular flexibility index (Phi) is 4.22. The standard InChI is InChI=1S/C16H19F2N3O/c1-21-14-7-3-6-13(10(14)8-20-21)19-9-15(22)16-11(17)4-2-5-12(16)18/h2,4-5,8,13,15,19,22H,3,6-7,9H2,1H3. The first kappa shape index (κ1) is 15.1. The lowest BCUT2D eigenvalue weighted by Gasteiger charge is -2.25. The van der Waals surface area contributed by atoms with Crippen LogP contribution < -0.4 is 5.32 Å². The van der Waals surface area contributed by atoms with Gasteiger partial charge in [0.05, 0.1) is 17.9 Å². The number of benzene rings is 1. The minimum absolute atomic E-state index is 0.0573. The van der Waals surface area contributed by atoms with Crippen molar-refractivity contribution >= 4 is 0 Å². The SMILES string of the molecule is Cn1ncc2c1CCCC2NCC(O)c1c(F)cccc1F. The van der Waals surface area contributed by atoms with Gasteiger partial charge in [-0.25, -0.2) is 8.78 Å². The highest BCUT2D eigenvalue weighted by Gasteiger charge is 2.25. The van der Waals surface area contributed by atoms with E-state index < -0.39 is 17.7 Å². The summed E-state index contributed by atoms with van der Waals surface area (Å²) in [4.78, 5) is 0. The van der Waals surface area contributed by atoms with Crippen molar-refractivity contribution in [2.75, 3.05) is 6.54 Å².